The number of amides is 1. The van der Waals surface area contributed by atoms with E-state index in [1.165, 1.54) is 0 Å². The van der Waals surface area contributed by atoms with Crippen molar-refractivity contribution in [3.63, 3.8) is 0 Å². The molecule has 1 amide bonds. The van der Waals surface area contributed by atoms with E-state index >= 15 is 0 Å². The van der Waals surface area contributed by atoms with E-state index in [0.717, 1.165) is 17.7 Å². The smallest absolute Gasteiger partial charge is 0.230 e. The molecule has 0 spiro atoms. The maximum Gasteiger partial charge on any atom is 0.230 e. The average molecular weight is 234 g/mol. The summed E-state index contributed by atoms with van der Waals surface area (Å²) in [5.41, 5.74) is 8.48. The first-order valence-electron chi connectivity index (χ1n) is 5.88. The summed E-state index contributed by atoms with van der Waals surface area (Å²) in [7, 11) is 1.77. The van der Waals surface area contributed by atoms with Gasteiger partial charge in [-0.2, -0.15) is 0 Å². The Morgan fingerprint density at radius 2 is 2.24 bits per heavy atom. The molecule has 0 aliphatic carbocycles. The molecule has 1 heterocycles. The van der Waals surface area contributed by atoms with Crippen LogP contribution < -0.4 is 15.4 Å². The molecule has 92 valence electrons. The highest BCUT2D eigenvalue weighted by molar-refractivity contribution is 5.96. The van der Waals surface area contributed by atoms with Crippen molar-refractivity contribution in [1.82, 2.24) is 0 Å². The fourth-order valence-electron chi connectivity index (χ4n) is 2.04. The normalized spacial score (nSPS) is 19.6. The molecule has 1 aliphatic heterocycles. The molecule has 1 aliphatic rings. The summed E-state index contributed by atoms with van der Waals surface area (Å²) in [5.74, 6) is 0.687. The number of carbonyl (C=O) groups excluding carboxylic acids is 1. The Kier molecular flexibility index (Phi) is 2.96. The lowest BCUT2D eigenvalue weighted by molar-refractivity contribution is -0.119. The Morgan fingerprint density at radius 3 is 2.88 bits per heavy atom. The highest BCUT2D eigenvalue weighted by Crippen LogP contribution is 2.38. The van der Waals surface area contributed by atoms with Crippen molar-refractivity contribution in [2.45, 2.75) is 32.8 Å². The third-order valence-corrected chi connectivity index (χ3v) is 3.08. The predicted octanol–water partition coefficient (Wildman–Crippen LogP) is 1.97. The lowest BCUT2D eigenvalue weighted by Crippen LogP contribution is -2.27. The minimum absolute atomic E-state index is 0.0592. The zero-order valence-corrected chi connectivity index (χ0v) is 10.5. The number of rotatable bonds is 1. The van der Waals surface area contributed by atoms with Crippen LogP contribution in [-0.2, 0) is 11.2 Å². The third-order valence-electron chi connectivity index (χ3n) is 3.08. The van der Waals surface area contributed by atoms with Crippen LogP contribution in [0.1, 0.15) is 25.8 Å². The van der Waals surface area contributed by atoms with E-state index in [2.05, 4.69) is 6.92 Å². The zero-order valence-electron chi connectivity index (χ0n) is 10.5. The first-order valence-corrected chi connectivity index (χ1v) is 5.88. The predicted molar refractivity (Wildman–Crippen MR) is 68.3 cm³/mol. The molecule has 2 N–H and O–H groups in total. The number of anilines is 2. The molecule has 1 aromatic carbocycles. The van der Waals surface area contributed by atoms with Crippen LogP contribution in [0.25, 0.3) is 0 Å². The number of fused-ring (bicyclic) bond motifs is 1. The molecule has 0 bridgehead atoms. The molecule has 0 saturated carbocycles. The van der Waals surface area contributed by atoms with Crippen LogP contribution in [0.4, 0.5) is 11.4 Å². The number of ether oxygens (including phenoxy) is 1. The van der Waals surface area contributed by atoms with Crippen molar-refractivity contribution in [3.05, 3.63) is 17.7 Å². The summed E-state index contributed by atoms with van der Waals surface area (Å²) in [4.78, 5) is 13.5. The molecule has 0 fully saturated rings. The van der Waals surface area contributed by atoms with Gasteiger partial charge in [0, 0.05) is 7.05 Å². The Hall–Kier alpha value is -1.71. The van der Waals surface area contributed by atoms with E-state index < -0.39 is 0 Å². The molecule has 1 aromatic rings. The largest absolute Gasteiger partial charge is 0.486 e. The molecule has 4 nitrogen and oxygen atoms in total. The number of hydrogen-bond acceptors (Lipinski definition) is 3. The maximum atomic E-state index is 11.9. The summed E-state index contributed by atoms with van der Waals surface area (Å²) < 4.78 is 5.74. The minimum Gasteiger partial charge on any atom is -0.486 e. The summed E-state index contributed by atoms with van der Waals surface area (Å²) in [6.45, 7) is 3.94. The van der Waals surface area contributed by atoms with Gasteiger partial charge in [0.05, 0.1) is 17.8 Å². The quantitative estimate of drug-likeness (QED) is 0.756. The lowest BCUT2D eigenvalue weighted by atomic mass is 10.1. The summed E-state index contributed by atoms with van der Waals surface area (Å²) in [6, 6.07) is 3.89. The van der Waals surface area contributed by atoms with Crippen molar-refractivity contribution >= 4 is 17.3 Å². The molecular weight excluding hydrogens is 216 g/mol. The van der Waals surface area contributed by atoms with Crippen LogP contribution in [0.15, 0.2) is 12.1 Å². The van der Waals surface area contributed by atoms with Crippen LogP contribution in [-0.4, -0.2) is 19.1 Å². The highest BCUT2D eigenvalue weighted by Gasteiger charge is 2.26. The molecule has 17 heavy (non-hydrogen) atoms. The zero-order chi connectivity index (χ0) is 12.6. The Labute approximate surface area is 101 Å². The van der Waals surface area contributed by atoms with E-state index in [-0.39, 0.29) is 12.0 Å². The van der Waals surface area contributed by atoms with Crippen LogP contribution in [0.3, 0.4) is 0 Å². The van der Waals surface area contributed by atoms with Gasteiger partial charge < -0.3 is 15.4 Å². The number of nitrogen functional groups attached to an aromatic ring is 1. The van der Waals surface area contributed by atoms with Gasteiger partial charge in [0.1, 0.15) is 6.10 Å². The van der Waals surface area contributed by atoms with Crippen LogP contribution >= 0.6 is 0 Å². The molecule has 4 heteroatoms. The van der Waals surface area contributed by atoms with Crippen LogP contribution in [0.5, 0.6) is 5.75 Å². The van der Waals surface area contributed by atoms with Gasteiger partial charge in [-0.25, -0.2) is 0 Å². The van der Waals surface area contributed by atoms with Crippen molar-refractivity contribution < 1.29 is 9.53 Å². The van der Waals surface area contributed by atoms with Crippen molar-refractivity contribution in [3.8, 4) is 5.75 Å². The summed E-state index contributed by atoms with van der Waals surface area (Å²) >= 11 is 0. The topological polar surface area (TPSA) is 55.6 Å². The third kappa shape index (κ3) is 2.07. The van der Waals surface area contributed by atoms with E-state index in [9.17, 15) is 4.79 Å². The van der Waals surface area contributed by atoms with Gasteiger partial charge in [-0.05, 0) is 31.0 Å². The standard InChI is InChI=1S/C13H18N2O2/c1-4-9-6-10(14)13-11(7-9)15(3)12(16)5-8(2)17-13/h6-8H,4-5,14H2,1-3H3. The Morgan fingerprint density at radius 1 is 1.53 bits per heavy atom. The second-order valence-corrected chi connectivity index (χ2v) is 4.47. The fourth-order valence-corrected chi connectivity index (χ4v) is 2.04. The SMILES string of the molecule is CCc1cc(N)c2c(c1)N(C)C(=O)CC(C)O2. The average Bonchev–Trinajstić information content (AvgIpc) is 2.39. The fraction of sp³-hybridized carbons (Fsp3) is 0.462. The summed E-state index contributed by atoms with van der Waals surface area (Å²) in [5, 5.41) is 0. The minimum atomic E-state index is -0.138. The monoisotopic (exact) mass is 234 g/mol. The maximum absolute atomic E-state index is 11.9. The highest BCUT2D eigenvalue weighted by atomic mass is 16.5. The van der Waals surface area contributed by atoms with Crippen molar-refractivity contribution in [2.24, 2.45) is 0 Å². The van der Waals surface area contributed by atoms with Crippen molar-refractivity contribution in [1.29, 1.82) is 0 Å². The molecule has 0 radical (unpaired) electrons. The van der Waals surface area contributed by atoms with Crippen molar-refractivity contribution in [2.75, 3.05) is 17.7 Å². The molecule has 0 aromatic heterocycles. The van der Waals surface area contributed by atoms with Crippen LogP contribution in [0.2, 0.25) is 0 Å². The van der Waals surface area contributed by atoms with Gasteiger partial charge in [0.15, 0.2) is 5.75 Å². The lowest BCUT2D eigenvalue weighted by Gasteiger charge is -2.18. The van der Waals surface area contributed by atoms with Gasteiger partial charge in [-0.3, -0.25) is 4.79 Å². The molecule has 2 rings (SSSR count). The van der Waals surface area contributed by atoms with Gasteiger partial charge in [0.2, 0.25) is 5.91 Å². The van der Waals surface area contributed by atoms with Gasteiger partial charge >= 0.3 is 0 Å². The van der Waals surface area contributed by atoms with Crippen LogP contribution in [0, 0.1) is 0 Å². The summed E-state index contributed by atoms with van der Waals surface area (Å²) in [6.07, 6.45) is 1.13. The van der Waals surface area contributed by atoms with E-state index in [1.807, 2.05) is 19.1 Å². The number of benzene rings is 1. The molecule has 1 unspecified atom stereocenters. The second kappa shape index (κ2) is 4.28. The van der Waals surface area contributed by atoms with Gasteiger partial charge in [-0.1, -0.05) is 6.92 Å². The van der Waals surface area contributed by atoms with E-state index in [0.29, 0.717) is 17.9 Å². The Balaban J connectivity index is 2.57. The number of nitrogens with zero attached hydrogens (tertiary/aromatic N) is 1. The van der Waals surface area contributed by atoms with E-state index in [1.54, 1.807) is 11.9 Å². The number of hydrogen-bond donors (Lipinski definition) is 1. The number of aryl methyl sites for hydroxylation is 1. The second-order valence-electron chi connectivity index (χ2n) is 4.47. The first-order chi connectivity index (χ1) is 8.02. The molecule has 0 saturated heterocycles. The van der Waals surface area contributed by atoms with E-state index in [4.69, 9.17) is 10.5 Å². The number of carbonyl (C=O) groups is 1. The molecular formula is C13H18N2O2. The van der Waals surface area contributed by atoms with Gasteiger partial charge in [-0.15, -0.1) is 0 Å². The Bertz CT molecular complexity index is 457. The number of nitrogens with two attached hydrogens (primary N) is 1. The van der Waals surface area contributed by atoms with Gasteiger partial charge in [0.25, 0.3) is 0 Å². The first kappa shape index (κ1) is 11.8. The molecule has 1 atom stereocenters.